The Morgan fingerprint density at radius 3 is 2.56 bits per heavy atom. The Kier molecular flexibility index (Phi) is 3.59. The number of nitrogens with zero attached hydrogens (tertiary/aromatic N) is 3. The molecule has 2 heterocycles. The normalized spacial score (nSPS) is 10.7. The van der Waals surface area contributed by atoms with Gasteiger partial charge in [-0.15, -0.1) is 0 Å². The van der Waals surface area contributed by atoms with Crippen LogP contribution in [0.15, 0.2) is 66.9 Å². The molecule has 0 aliphatic heterocycles. The lowest BCUT2D eigenvalue weighted by Crippen LogP contribution is -1.95. The maximum Gasteiger partial charge on any atom is 0.331 e. The van der Waals surface area contributed by atoms with Crippen molar-refractivity contribution in [3.8, 4) is 23.0 Å². The first kappa shape index (κ1) is 14.8. The zero-order valence-corrected chi connectivity index (χ0v) is 12.9. The second kappa shape index (κ2) is 6.04. The van der Waals surface area contributed by atoms with E-state index >= 15 is 0 Å². The molecular weight excluding hydrogens is 320 g/mol. The molecule has 0 radical (unpaired) electrons. The average Bonchev–Trinajstić information content (AvgIpc) is 3.07. The summed E-state index contributed by atoms with van der Waals surface area (Å²) in [6.45, 7) is 0. The molecule has 122 valence electrons. The molecule has 0 bridgehead atoms. The number of aromatic amines is 1. The van der Waals surface area contributed by atoms with Crippen molar-refractivity contribution in [1.29, 1.82) is 0 Å². The molecule has 0 amide bonds. The monoisotopic (exact) mass is 332 g/mol. The van der Waals surface area contributed by atoms with Gasteiger partial charge in [-0.05, 0) is 42.5 Å². The summed E-state index contributed by atoms with van der Waals surface area (Å²) in [5.74, 6) is 1.17. The van der Waals surface area contributed by atoms with Crippen LogP contribution in [0.25, 0.3) is 22.4 Å². The van der Waals surface area contributed by atoms with Crippen LogP contribution in [-0.2, 0) is 0 Å². The summed E-state index contributed by atoms with van der Waals surface area (Å²) < 4.78 is 5.54. The molecule has 0 aliphatic rings. The predicted octanol–water partition coefficient (Wildman–Crippen LogP) is 4.33. The molecule has 4 aromatic rings. The van der Waals surface area contributed by atoms with Crippen molar-refractivity contribution in [2.75, 3.05) is 0 Å². The number of para-hydroxylation sites is 2. The summed E-state index contributed by atoms with van der Waals surface area (Å²) in [6.07, 6.45) is 1.45. The standard InChI is InChI=1S/C18H12N4O3/c23-22(24)16-6-3-11-19-18(16)25-13-9-7-12(8-10-13)17-20-14-4-1-2-5-15(14)21-17/h1-11H,(H,20,21). The van der Waals surface area contributed by atoms with E-state index < -0.39 is 4.92 Å². The van der Waals surface area contributed by atoms with Gasteiger partial charge in [0, 0.05) is 17.8 Å². The number of nitro groups is 1. The topological polar surface area (TPSA) is 93.9 Å². The molecule has 25 heavy (non-hydrogen) atoms. The van der Waals surface area contributed by atoms with Gasteiger partial charge in [-0.1, -0.05) is 12.1 Å². The summed E-state index contributed by atoms with van der Waals surface area (Å²) in [7, 11) is 0. The first-order valence-corrected chi connectivity index (χ1v) is 7.53. The van der Waals surface area contributed by atoms with Gasteiger partial charge in [0.2, 0.25) is 0 Å². The van der Waals surface area contributed by atoms with Crippen LogP contribution in [0.4, 0.5) is 5.69 Å². The molecule has 0 saturated heterocycles. The van der Waals surface area contributed by atoms with Crippen molar-refractivity contribution < 1.29 is 9.66 Å². The van der Waals surface area contributed by atoms with E-state index in [1.54, 1.807) is 12.1 Å². The van der Waals surface area contributed by atoms with Gasteiger partial charge in [-0.2, -0.15) is 0 Å². The number of nitrogens with one attached hydrogen (secondary N) is 1. The number of benzene rings is 2. The van der Waals surface area contributed by atoms with Crippen molar-refractivity contribution >= 4 is 16.7 Å². The molecule has 2 aromatic heterocycles. The molecular formula is C18H12N4O3. The summed E-state index contributed by atoms with van der Waals surface area (Å²) >= 11 is 0. The van der Waals surface area contributed by atoms with Crippen molar-refractivity contribution in [2.45, 2.75) is 0 Å². The van der Waals surface area contributed by atoms with Crippen LogP contribution in [0.2, 0.25) is 0 Å². The van der Waals surface area contributed by atoms with Crippen molar-refractivity contribution in [2.24, 2.45) is 0 Å². The number of hydrogen-bond acceptors (Lipinski definition) is 5. The van der Waals surface area contributed by atoms with Gasteiger partial charge in [-0.3, -0.25) is 10.1 Å². The molecule has 7 nitrogen and oxygen atoms in total. The molecule has 7 heteroatoms. The maximum absolute atomic E-state index is 11.0. The van der Waals surface area contributed by atoms with Gasteiger partial charge in [-0.25, -0.2) is 9.97 Å². The van der Waals surface area contributed by atoms with E-state index in [0.29, 0.717) is 5.75 Å². The van der Waals surface area contributed by atoms with Crippen LogP contribution in [0.1, 0.15) is 0 Å². The van der Waals surface area contributed by atoms with Crippen LogP contribution < -0.4 is 4.74 Å². The van der Waals surface area contributed by atoms with Crippen molar-refractivity contribution in [3.63, 3.8) is 0 Å². The lowest BCUT2D eigenvalue weighted by molar-refractivity contribution is -0.386. The van der Waals surface area contributed by atoms with Gasteiger partial charge in [0.1, 0.15) is 11.6 Å². The van der Waals surface area contributed by atoms with Crippen molar-refractivity contribution in [1.82, 2.24) is 15.0 Å². The molecule has 0 spiro atoms. The molecule has 0 atom stereocenters. The number of H-pyrrole nitrogens is 1. The minimum Gasteiger partial charge on any atom is -0.434 e. The second-order valence-corrected chi connectivity index (χ2v) is 5.31. The summed E-state index contributed by atoms with van der Waals surface area (Å²) in [5.41, 5.74) is 2.56. The van der Waals surface area contributed by atoms with Gasteiger partial charge in [0.05, 0.1) is 16.0 Å². The number of ether oxygens (including phenoxy) is 1. The number of pyridine rings is 1. The highest BCUT2D eigenvalue weighted by Crippen LogP contribution is 2.29. The Hall–Kier alpha value is -3.74. The molecule has 0 unspecified atom stereocenters. The number of aromatic nitrogens is 3. The highest BCUT2D eigenvalue weighted by molar-refractivity contribution is 5.79. The van der Waals surface area contributed by atoms with Gasteiger partial charge < -0.3 is 9.72 Å². The summed E-state index contributed by atoms with van der Waals surface area (Å²) in [5, 5.41) is 11.0. The van der Waals surface area contributed by atoms with Gasteiger partial charge >= 0.3 is 5.69 Å². The van der Waals surface area contributed by atoms with Crippen LogP contribution in [0, 0.1) is 10.1 Å². The highest BCUT2D eigenvalue weighted by Gasteiger charge is 2.16. The Morgan fingerprint density at radius 1 is 1.00 bits per heavy atom. The summed E-state index contributed by atoms with van der Waals surface area (Å²) in [4.78, 5) is 22.2. The fraction of sp³-hybridized carbons (Fsp3) is 0. The Morgan fingerprint density at radius 2 is 1.80 bits per heavy atom. The first-order valence-electron chi connectivity index (χ1n) is 7.53. The number of hydrogen-bond donors (Lipinski definition) is 1. The molecule has 0 aliphatic carbocycles. The van der Waals surface area contributed by atoms with Crippen LogP contribution in [0.5, 0.6) is 11.6 Å². The lowest BCUT2D eigenvalue weighted by atomic mass is 10.2. The van der Waals surface area contributed by atoms with E-state index in [2.05, 4.69) is 15.0 Å². The minimum absolute atomic E-state index is 0.0380. The zero-order valence-electron chi connectivity index (χ0n) is 12.9. The Labute approximate surface area is 142 Å². The number of rotatable bonds is 4. The van der Waals surface area contributed by atoms with E-state index in [9.17, 15) is 10.1 Å². The lowest BCUT2D eigenvalue weighted by Gasteiger charge is -2.05. The molecule has 0 saturated carbocycles. The Balaban J connectivity index is 1.61. The third-order valence-corrected chi connectivity index (χ3v) is 3.68. The molecule has 2 aromatic carbocycles. The third-order valence-electron chi connectivity index (χ3n) is 3.68. The van der Waals surface area contributed by atoms with E-state index in [0.717, 1.165) is 22.4 Å². The smallest absolute Gasteiger partial charge is 0.331 e. The van der Waals surface area contributed by atoms with Gasteiger partial charge in [0.25, 0.3) is 5.88 Å². The van der Waals surface area contributed by atoms with Crippen LogP contribution >= 0.6 is 0 Å². The third kappa shape index (κ3) is 2.90. The summed E-state index contributed by atoms with van der Waals surface area (Å²) in [6, 6.07) is 17.7. The molecule has 4 rings (SSSR count). The molecule has 0 fully saturated rings. The van der Waals surface area contributed by atoms with Crippen molar-refractivity contribution in [3.05, 3.63) is 77.0 Å². The van der Waals surface area contributed by atoms with Crippen LogP contribution in [-0.4, -0.2) is 19.9 Å². The highest BCUT2D eigenvalue weighted by atomic mass is 16.6. The number of fused-ring (bicyclic) bond motifs is 1. The van der Waals surface area contributed by atoms with E-state index in [-0.39, 0.29) is 11.6 Å². The molecule has 1 N–H and O–H groups in total. The largest absolute Gasteiger partial charge is 0.434 e. The fourth-order valence-electron chi connectivity index (χ4n) is 2.48. The number of imidazole rings is 1. The Bertz CT molecular complexity index is 1020. The van der Waals surface area contributed by atoms with E-state index in [1.165, 1.54) is 18.3 Å². The van der Waals surface area contributed by atoms with Gasteiger partial charge in [0.15, 0.2) is 0 Å². The SMILES string of the molecule is O=[N+]([O-])c1cccnc1Oc1ccc(-c2nc3ccccc3[nH]2)cc1. The maximum atomic E-state index is 11.0. The average molecular weight is 332 g/mol. The van der Waals surface area contributed by atoms with E-state index in [1.807, 2.05) is 36.4 Å². The quantitative estimate of drug-likeness (QED) is 0.443. The second-order valence-electron chi connectivity index (χ2n) is 5.31. The first-order chi connectivity index (χ1) is 12.2. The fourth-order valence-corrected chi connectivity index (χ4v) is 2.48. The minimum atomic E-state index is -0.523. The van der Waals surface area contributed by atoms with E-state index in [4.69, 9.17) is 4.74 Å². The van der Waals surface area contributed by atoms with Crippen LogP contribution in [0.3, 0.4) is 0 Å². The predicted molar refractivity (Wildman–Crippen MR) is 92.5 cm³/mol. The zero-order chi connectivity index (χ0) is 17.2.